The molecule has 9 heavy (non-hydrogen) atoms. The number of nitrogens with one attached hydrogen (secondary N) is 1. The SMILES string of the molecule is [O]CCNc1cccs1. The van der Waals surface area contributed by atoms with E-state index in [1.54, 1.807) is 11.3 Å². The van der Waals surface area contributed by atoms with Gasteiger partial charge in [0.15, 0.2) is 0 Å². The first-order valence-corrected chi connectivity index (χ1v) is 3.67. The number of hydrogen-bond donors (Lipinski definition) is 1. The minimum Gasteiger partial charge on any atom is -0.374 e. The van der Waals surface area contributed by atoms with Crippen molar-refractivity contribution in [2.75, 3.05) is 18.5 Å². The molecule has 49 valence electrons. The van der Waals surface area contributed by atoms with Crippen LogP contribution in [0.2, 0.25) is 0 Å². The van der Waals surface area contributed by atoms with Gasteiger partial charge in [-0.15, -0.1) is 11.3 Å². The van der Waals surface area contributed by atoms with Crippen LogP contribution in [0.5, 0.6) is 0 Å². The van der Waals surface area contributed by atoms with Crippen molar-refractivity contribution in [1.82, 2.24) is 0 Å². The second-order valence-corrected chi connectivity index (χ2v) is 2.56. The van der Waals surface area contributed by atoms with Crippen LogP contribution < -0.4 is 5.32 Å². The third kappa shape index (κ3) is 2.03. The van der Waals surface area contributed by atoms with Crippen LogP contribution in [0.3, 0.4) is 0 Å². The minimum atomic E-state index is -0.0576. The second kappa shape index (κ2) is 3.48. The van der Waals surface area contributed by atoms with Gasteiger partial charge in [0.1, 0.15) is 0 Å². The normalized spacial score (nSPS) is 9.44. The maximum atomic E-state index is 9.97. The number of thiophene rings is 1. The molecule has 0 amide bonds. The van der Waals surface area contributed by atoms with Gasteiger partial charge in [-0.3, -0.25) is 0 Å². The third-order valence-corrected chi connectivity index (χ3v) is 1.75. The predicted octanol–water partition coefficient (Wildman–Crippen LogP) is 1.59. The van der Waals surface area contributed by atoms with E-state index in [1.165, 1.54) is 0 Å². The van der Waals surface area contributed by atoms with Crippen LogP contribution in [0, 0.1) is 0 Å². The molecule has 0 fully saturated rings. The first-order valence-electron chi connectivity index (χ1n) is 2.79. The highest BCUT2D eigenvalue weighted by molar-refractivity contribution is 7.14. The zero-order valence-corrected chi connectivity index (χ0v) is 5.78. The average Bonchev–Trinajstić information content (AvgIpc) is 2.34. The molecular formula is C6H8NOS. The summed E-state index contributed by atoms with van der Waals surface area (Å²) in [5.74, 6) is 0. The molecule has 0 atom stereocenters. The predicted molar refractivity (Wildman–Crippen MR) is 38.4 cm³/mol. The van der Waals surface area contributed by atoms with E-state index >= 15 is 0 Å². The van der Waals surface area contributed by atoms with Gasteiger partial charge in [0, 0.05) is 6.54 Å². The molecule has 0 aliphatic rings. The molecule has 0 aliphatic heterocycles. The van der Waals surface area contributed by atoms with Crippen LogP contribution in [-0.4, -0.2) is 13.2 Å². The minimum absolute atomic E-state index is 0.0576. The van der Waals surface area contributed by atoms with Crippen molar-refractivity contribution in [1.29, 1.82) is 0 Å². The van der Waals surface area contributed by atoms with Crippen LogP contribution in [-0.2, 0) is 5.11 Å². The number of anilines is 1. The average molecular weight is 142 g/mol. The quantitative estimate of drug-likeness (QED) is 0.682. The van der Waals surface area contributed by atoms with E-state index in [4.69, 9.17) is 0 Å². The molecule has 3 heteroatoms. The van der Waals surface area contributed by atoms with Crippen molar-refractivity contribution in [3.05, 3.63) is 17.5 Å². The van der Waals surface area contributed by atoms with Gasteiger partial charge in [0.25, 0.3) is 0 Å². The van der Waals surface area contributed by atoms with E-state index in [1.807, 2.05) is 17.5 Å². The molecule has 1 aromatic rings. The van der Waals surface area contributed by atoms with Crippen LogP contribution in [0.15, 0.2) is 17.5 Å². The lowest BCUT2D eigenvalue weighted by Crippen LogP contribution is -2.02. The summed E-state index contributed by atoms with van der Waals surface area (Å²) in [5.41, 5.74) is 0. The van der Waals surface area contributed by atoms with Gasteiger partial charge in [0.05, 0.1) is 11.6 Å². The summed E-state index contributed by atoms with van der Waals surface area (Å²) in [7, 11) is 0. The van der Waals surface area contributed by atoms with Gasteiger partial charge < -0.3 is 5.32 Å². The number of hydrogen-bond acceptors (Lipinski definition) is 2. The Kier molecular flexibility index (Phi) is 2.54. The van der Waals surface area contributed by atoms with E-state index in [-0.39, 0.29) is 6.61 Å². The Morgan fingerprint density at radius 2 is 2.56 bits per heavy atom. The molecule has 1 aromatic heterocycles. The van der Waals surface area contributed by atoms with Gasteiger partial charge in [-0.2, -0.15) is 0 Å². The second-order valence-electron chi connectivity index (χ2n) is 1.61. The van der Waals surface area contributed by atoms with E-state index in [2.05, 4.69) is 5.32 Å². The van der Waals surface area contributed by atoms with E-state index in [9.17, 15) is 5.11 Å². The molecule has 0 saturated carbocycles. The van der Waals surface area contributed by atoms with Gasteiger partial charge in [-0.1, -0.05) is 0 Å². The summed E-state index contributed by atoms with van der Waals surface area (Å²) >= 11 is 1.61. The Morgan fingerprint density at radius 3 is 3.11 bits per heavy atom. The van der Waals surface area contributed by atoms with Crippen LogP contribution in [0.1, 0.15) is 0 Å². The molecule has 0 aromatic carbocycles. The molecule has 0 aliphatic carbocycles. The summed E-state index contributed by atoms with van der Waals surface area (Å²) < 4.78 is 0. The van der Waals surface area contributed by atoms with Gasteiger partial charge in [0.2, 0.25) is 0 Å². The molecule has 2 nitrogen and oxygen atoms in total. The van der Waals surface area contributed by atoms with Crippen LogP contribution >= 0.6 is 11.3 Å². The fourth-order valence-corrected chi connectivity index (χ4v) is 1.20. The van der Waals surface area contributed by atoms with Crippen molar-refractivity contribution in [3.63, 3.8) is 0 Å². The zero-order valence-electron chi connectivity index (χ0n) is 4.96. The van der Waals surface area contributed by atoms with E-state index in [0.29, 0.717) is 6.54 Å². The van der Waals surface area contributed by atoms with Crippen molar-refractivity contribution < 1.29 is 5.11 Å². The Labute approximate surface area is 58.1 Å². The Bertz CT molecular complexity index is 150. The fourth-order valence-electron chi connectivity index (χ4n) is 0.553. The molecule has 1 heterocycles. The highest BCUT2D eigenvalue weighted by Gasteiger charge is 1.87. The molecule has 0 unspecified atom stereocenters. The lowest BCUT2D eigenvalue weighted by atomic mass is 10.6. The van der Waals surface area contributed by atoms with Crippen molar-refractivity contribution in [3.8, 4) is 0 Å². The van der Waals surface area contributed by atoms with Crippen LogP contribution in [0.4, 0.5) is 5.00 Å². The highest BCUT2D eigenvalue weighted by atomic mass is 32.1. The lowest BCUT2D eigenvalue weighted by Gasteiger charge is -1.95. The molecule has 0 bridgehead atoms. The third-order valence-electron chi connectivity index (χ3n) is 0.922. The smallest absolute Gasteiger partial charge is 0.0994 e. The lowest BCUT2D eigenvalue weighted by molar-refractivity contribution is 0.206. The summed E-state index contributed by atoms with van der Waals surface area (Å²) in [6.07, 6.45) is 0. The molecule has 1 N–H and O–H groups in total. The molecule has 0 spiro atoms. The van der Waals surface area contributed by atoms with Crippen molar-refractivity contribution in [2.45, 2.75) is 0 Å². The monoisotopic (exact) mass is 142 g/mol. The topological polar surface area (TPSA) is 31.9 Å². The van der Waals surface area contributed by atoms with Gasteiger partial charge in [-0.25, -0.2) is 5.11 Å². The standard InChI is InChI=1S/C6H8NOS/c8-4-3-7-6-2-1-5-9-6/h1-2,5,7H,3-4H2. The zero-order chi connectivity index (χ0) is 6.53. The summed E-state index contributed by atoms with van der Waals surface area (Å²) in [5, 5.41) is 16.0. The van der Waals surface area contributed by atoms with Crippen molar-refractivity contribution >= 4 is 16.3 Å². The van der Waals surface area contributed by atoms with Crippen LogP contribution in [0.25, 0.3) is 0 Å². The molecule has 0 saturated heterocycles. The summed E-state index contributed by atoms with van der Waals surface area (Å²) in [6.45, 7) is 0.471. The van der Waals surface area contributed by atoms with E-state index in [0.717, 1.165) is 5.00 Å². The molecule has 1 rings (SSSR count). The first-order chi connectivity index (χ1) is 4.43. The van der Waals surface area contributed by atoms with E-state index < -0.39 is 0 Å². The van der Waals surface area contributed by atoms with Gasteiger partial charge >= 0.3 is 0 Å². The van der Waals surface area contributed by atoms with Crippen molar-refractivity contribution in [2.24, 2.45) is 0 Å². The Balaban J connectivity index is 2.30. The number of rotatable bonds is 3. The maximum absolute atomic E-state index is 9.97. The fraction of sp³-hybridized carbons (Fsp3) is 0.333. The summed E-state index contributed by atoms with van der Waals surface area (Å²) in [6, 6.07) is 3.91. The first kappa shape index (κ1) is 6.58. The largest absolute Gasteiger partial charge is 0.374 e. The molecular weight excluding hydrogens is 134 g/mol. The molecule has 1 radical (unpaired) electrons. The highest BCUT2D eigenvalue weighted by Crippen LogP contribution is 2.13. The Hall–Kier alpha value is -0.540. The Morgan fingerprint density at radius 1 is 1.67 bits per heavy atom. The maximum Gasteiger partial charge on any atom is 0.0994 e. The van der Waals surface area contributed by atoms with Gasteiger partial charge in [-0.05, 0) is 17.5 Å². The summed E-state index contributed by atoms with van der Waals surface area (Å²) in [4.78, 5) is 0.